The highest BCUT2D eigenvalue weighted by atomic mass is 19.3. The molecule has 0 heterocycles. The Hall–Kier alpha value is -1.45. The van der Waals surface area contributed by atoms with E-state index in [9.17, 15) is 13.2 Å². The molecule has 178 valence electrons. The predicted octanol–water partition coefficient (Wildman–Crippen LogP) is 8.79. The van der Waals surface area contributed by atoms with Gasteiger partial charge in [-0.25, -0.2) is 4.39 Å². The van der Waals surface area contributed by atoms with Crippen molar-refractivity contribution in [1.82, 2.24) is 0 Å². The number of rotatable bonds is 6. The van der Waals surface area contributed by atoms with Gasteiger partial charge in [-0.1, -0.05) is 38.0 Å². The fourth-order valence-corrected chi connectivity index (χ4v) is 6.30. The molecule has 0 aromatic heterocycles. The Bertz CT molecular complexity index is 737. The largest absolute Gasteiger partial charge is 0.432 e. The SMILES string of the molecule is CC1CCC(C2CCC(/C=C/C3CCC(C(F)(F)Oc4cccc(F)c4)CC3)CC2)CC1. The van der Waals surface area contributed by atoms with Crippen molar-refractivity contribution in [2.75, 3.05) is 0 Å². The molecular weight excluding hydrogens is 409 g/mol. The fourth-order valence-electron chi connectivity index (χ4n) is 6.30. The van der Waals surface area contributed by atoms with Crippen LogP contribution in [0.15, 0.2) is 36.4 Å². The molecule has 3 saturated carbocycles. The molecule has 0 N–H and O–H groups in total. The number of allylic oxidation sites excluding steroid dienone is 2. The molecule has 0 aliphatic heterocycles. The number of benzene rings is 1. The molecule has 0 spiro atoms. The summed E-state index contributed by atoms with van der Waals surface area (Å²) in [6.07, 6.45) is 14.9. The van der Waals surface area contributed by atoms with E-state index >= 15 is 0 Å². The highest BCUT2D eigenvalue weighted by molar-refractivity contribution is 5.22. The Morgan fingerprint density at radius 3 is 1.88 bits per heavy atom. The van der Waals surface area contributed by atoms with Gasteiger partial charge >= 0.3 is 6.11 Å². The van der Waals surface area contributed by atoms with Gasteiger partial charge in [-0.05, 0) is 106 Å². The summed E-state index contributed by atoms with van der Waals surface area (Å²) >= 11 is 0. The lowest BCUT2D eigenvalue weighted by atomic mass is 9.69. The smallest absolute Gasteiger partial charge is 0.400 e. The van der Waals surface area contributed by atoms with E-state index in [4.69, 9.17) is 4.74 Å². The third-order valence-electron chi connectivity index (χ3n) is 8.50. The third kappa shape index (κ3) is 6.32. The Balaban J connectivity index is 1.19. The summed E-state index contributed by atoms with van der Waals surface area (Å²) in [7, 11) is 0. The van der Waals surface area contributed by atoms with Crippen LogP contribution in [0.4, 0.5) is 13.2 Å². The first-order chi connectivity index (χ1) is 15.4. The lowest BCUT2D eigenvalue weighted by Gasteiger charge is -2.37. The molecular formula is C28H39F3O. The summed E-state index contributed by atoms with van der Waals surface area (Å²) in [5.41, 5.74) is 0. The normalized spacial score (nSPS) is 34.5. The van der Waals surface area contributed by atoms with Crippen molar-refractivity contribution in [2.24, 2.45) is 35.5 Å². The van der Waals surface area contributed by atoms with Gasteiger partial charge in [0.15, 0.2) is 0 Å². The molecule has 3 aliphatic rings. The zero-order chi connectivity index (χ0) is 22.6. The zero-order valence-electron chi connectivity index (χ0n) is 19.5. The van der Waals surface area contributed by atoms with Crippen LogP contribution < -0.4 is 4.74 Å². The third-order valence-corrected chi connectivity index (χ3v) is 8.50. The maximum absolute atomic E-state index is 14.6. The molecule has 1 aromatic carbocycles. The van der Waals surface area contributed by atoms with E-state index in [0.717, 1.165) is 36.7 Å². The van der Waals surface area contributed by atoms with E-state index in [1.54, 1.807) is 0 Å². The van der Waals surface area contributed by atoms with Crippen molar-refractivity contribution in [1.29, 1.82) is 0 Å². The molecule has 3 aliphatic carbocycles. The zero-order valence-corrected chi connectivity index (χ0v) is 19.5. The molecule has 32 heavy (non-hydrogen) atoms. The van der Waals surface area contributed by atoms with Crippen LogP contribution >= 0.6 is 0 Å². The van der Waals surface area contributed by atoms with Crippen molar-refractivity contribution < 1.29 is 17.9 Å². The van der Waals surface area contributed by atoms with Crippen LogP contribution in [0.1, 0.15) is 84.0 Å². The predicted molar refractivity (Wildman–Crippen MR) is 123 cm³/mol. The molecule has 0 amide bonds. The molecule has 4 heteroatoms. The molecule has 0 atom stereocenters. The van der Waals surface area contributed by atoms with Gasteiger partial charge in [0.25, 0.3) is 0 Å². The van der Waals surface area contributed by atoms with E-state index in [2.05, 4.69) is 19.1 Å². The minimum atomic E-state index is -3.25. The minimum Gasteiger partial charge on any atom is -0.432 e. The van der Waals surface area contributed by atoms with Crippen molar-refractivity contribution >= 4 is 0 Å². The second-order valence-corrected chi connectivity index (χ2v) is 10.8. The van der Waals surface area contributed by atoms with Gasteiger partial charge < -0.3 is 4.74 Å². The molecule has 1 aromatic rings. The lowest BCUT2D eigenvalue weighted by Crippen LogP contribution is -2.37. The summed E-state index contributed by atoms with van der Waals surface area (Å²) in [5.74, 6) is 2.42. The lowest BCUT2D eigenvalue weighted by molar-refractivity contribution is -0.223. The maximum atomic E-state index is 14.6. The summed E-state index contributed by atoms with van der Waals surface area (Å²) in [6, 6.07) is 5.03. The average molecular weight is 449 g/mol. The van der Waals surface area contributed by atoms with Gasteiger partial charge in [0.1, 0.15) is 11.6 Å². The second kappa shape index (κ2) is 10.7. The van der Waals surface area contributed by atoms with Crippen LogP contribution in [0.3, 0.4) is 0 Å². The Kier molecular flexibility index (Phi) is 7.89. The summed E-state index contributed by atoms with van der Waals surface area (Å²) in [6.45, 7) is 2.39. The first-order valence-electron chi connectivity index (χ1n) is 12.9. The van der Waals surface area contributed by atoms with Crippen molar-refractivity contribution in [3.8, 4) is 5.75 Å². The molecule has 0 unspecified atom stereocenters. The molecule has 0 radical (unpaired) electrons. The van der Waals surface area contributed by atoms with Crippen molar-refractivity contribution in [3.05, 3.63) is 42.2 Å². The van der Waals surface area contributed by atoms with Crippen LogP contribution in [-0.2, 0) is 0 Å². The van der Waals surface area contributed by atoms with Crippen LogP contribution in [0, 0.1) is 41.3 Å². The van der Waals surface area contributed by atoms with Gasteiger partial charge in [0, 0.05) is 6.07 Å². The highest BCUT2D eigenvalue weighted by Gasteiger charge is 2.43. The number of alkyl halides is 2. The maximum Gasteiger partial charge on any atom is 0.400 e. The van der Waals surface area contributed by atoms with Gasteiger partial charge in [-0.2, -0.15) is 8.78 Å². The van der Waals surface area contributed by atoms with E-state index < -0.39 is 17.8 Å². The minimum absolute atomic E-state index is 0.102. The van der Waals surface area contributed by atoms with E-state index in [1.165, 1.54) is 69.6 Å². The highest BCUT2D eigenvalue weighted by Crippen LogP contribution is 2.43. The van der Waals surface area contributed by atoms with Crippen molar-refractivity contribution in [3.63, 3.8) is 0 Å². The Labute approximate surface area is 191 Å². The van der Waals surface area contributed by atoms with Gasteiger partial charge in [-0.15, -0.1) is 0 Å². The molecule has 0 bridgehead atoms. The first-order valence-corrected chi connectivity index (χ1v) is 12.9. The van der Waals surface area contributed by atoms with Gasteiger partial charge in [0.05, 0.1) is 5.92 Å². The standard InChI is InChI=1S/C28H39F3O/c1-20-5-13-23(14-6-20)24-15-9-21(10-16-24)7-8-22-11-17-25(18-12-22)28(30,31)32-27-4-2-3-26(29)19-27/h2-4,7-8,19-25H,5-6,9-18H2,1H3/b8-7+. The Morgan fingerprint density at radius 2 is 1.31 bits per heavy atom. The molecule has 4 rings (SSSR count). The first kappa shape index (κ1) is 23.7. The fraction of sp³-hybridized carbons (Fsp3) is 0.714. The van der Waals surface area contributed by atoms with Gasteiger partial charge in [0.2, 0.25) is 0 Å². The quantitative estimate of drug-likeness (QED) is 0.395. The van der Waals surface area contributed by atoms with Gasteiger partial charge in [-0.3, -0.25) is 0 Å². The number of ether oxygens (including phenoxy) is 1. The van der Waals surface area contributed by atoms with Crippen LogP contribution in [0.5, 0.6) is 5.75 Å². The topological polar surface area (TPSA) is 9.23 Å². The summed E-state index contributed by atoms with van der Waals surface area (Å²) in [5, 5.41) is 0. The number of hydrogen-bond acceptors (Lipinski definition) is 1. The van der Waals surface area contributed by atoms with Crippen LogP contribution in [0.25, 0.3) is 0 Å². The Morgan fingerprint density at radius 1 is 0.781 bits per heavy atom. The molecule has 0 saturated heterocycles. The van der Waals surface area contributed by atoms with Crippen molar-refractivity contribution in [2.45, 2.75) is 90.1 Å². The number of halogens is 3. The molecule has 3 fully saturated rings. The second-order valence-electron chi connectivity index (χ2n) is 10.8. The summed E-state index contributed by atoms with van der Waals surface area (Å²) in [4.78, 5) is 0. The monoisotopic (exact) mass is 448 g/mol. The average Bonchev–Trinajstić information content (AvgIpc) is 2.79. The van der Waals surface area contributed by atoms with Crippen LogP contribution in [0.2, 0.25) is 0 Å². The van der Waals surface area contributed by atoms with Crippen LogP contribution in [-0.4, -0.2) is 6.11 Å². The number of hydrogen-bond donors (Lipinski definition) is 0. The molecule has 1 nitrogen and oxygen atoms in total. The van der Waals surface area contributed by atoms with E-state index in [0.29, 0.717) is 24.7 Å². The summed E-state index contributed by atoms with van der Waals surface area (Å²) < 4.78 is 47.3. The van der Waals surface area contributed by atoms with E-state index in [-0.39, 0.29) is 5.75 Å². The van der Waals surface area contributed by atoms with E-state index in [1.807, 2.05) is 0 Å².